The molecule has 0 bridgehead atoms. The van der Waals surface area contributed by atoms with Gasteiger partial charge in [0.05, 0.1) is 5.54 Å². The highest BCUT2D eigenvalue weighted by atomic mass is 15.1. The summed E-state index contributed by atoms with van der Waals surface area (Å²) in [7, 11) is 1.91. The Bertz CT molecular complexity index is 141. The number of amidine groups is 1. The minimum atomic E-state index is -0.0278. The Kier molecular flexibility index (Phi) is 1.45. The molecule has 1 aliphatic heterocycles. The van der Waals surface area contributed by atoms with Crippen molar-refractivity contribution in [1.29, 1.82) is 0 Å². The Hall–Kier alpha value is -0.570. The average Bonchev–Trinajstić information content (AvgIpc) is 2.15. The molecule has 0 amide bonds. The first-order chi connectivity index (χ1) is 4.19. The monoisotopic (exact) mass is 127 g/mol. The smallest absolute Gasteiger partial charge is 0.114 e. The molecule has 1 unspecified atom stereocenters. The minimum Gasteiger partial charge on any atom is -0.386 e. The number of hydrogen-bond donors (Lipinski definition) is 2. The van der Waals surface area contributed by atoms with Crippen LogP contribution in [0.25, 0.3) is 0 Å². The summed E-state index contributed by atoms with van der Waals surface area (Å²) in [6.07, 6.45) is 1.02. The number of nitrogens with one attached hydrogen (secondary N) is 1. The van der Waals surface area contributed by atoms with Gasteiger partial charge in [-0.1, -0.05) is 0 Å². The zero-order valence-corrected chi connectivity index (χ0v) is 5.94. The lowest BCUT2D eigenvalue weighted by atomic mass is 10.0. The molecule has 1 aliphatic rings. The first-order valence-electron chi connectivity index (χ1n) is 3.18. The average molecular weight is 127 g/mol. The SMILES string of the molecule is CNC1(C)CCN=C1N. The van der Waals surface area contributed by atoms with Gasteiger partial charge < -0.3 is 11.1 Å². The number of nitrogens with two attached hydrogens (primary N) is 1. The van der Waals surface area contributed by atoms with E-state index in [1.54, 1.807) is 0 Å². The fourth-order valence-corrected chi connectivity index (χ4v) is 0.956. The molecule has 3 N–H and O–H groups in total. The normalized spacial score (nSPS) is 34.7. The summed E-state index contributed by atoms with van der Waals surface area (Å²) in [5, 5.41) is 3.13. The van der Waals surface area contributed by atoms with Crippen molar-refractivity contribution in [2.75, 3.05) is 13.6 Å². The molecule has 52 valence electrons. The number of aliphatic imine (C=N–C) groups is 1. The van der Waals surface area contributed by atoms with E-state index in [0.717, 1.165) is 18.8 Å². The van der Waals surface area contributed by atoms with Gasteiger partial charge in [-0.2, -0.15) is 0 Å². The Balaban J connectivity index is 2.70. The summed E-state index contributed by atoms with van der Waals surface area (Å²) in [5.74, 6) is 0.741. The molecule has 0 saturated carbocycles. The zero-order chi connectivity index (χ0) is 6.91. The third-order valence-electron chi connectivity index (χ3n) is 2.01. The fraction of sp³-hybridized carbons (Fsp3) is 0.833. The van der Waals surface area contributed by atoms with Crippen molar-refractivity contribution in [2.45, 2.75) is 18.9 Å². The maximum absolute atomic E-state index is 5.61. The van der Waals surface area contributed by atoms with Crippen LogP contribution in [0.2, 0.25) is 0 Å². The lowest BCUT2D eigenvalue weighted by Gasteiger charge is -2.22. The quantitative estimate of drug-likeness (QED) is 0.509. The highest BCUT2D eigenvalue weighted by molar-refractivity contribution is 5.91. The second-order valence-corrected chi connectivity index (χ2v) is 2.60. The van der Waals surface area contributed by atoms with E-state index >= 15 is 0 Å². The molecule has 1 rings (SSSR count). The van der Waals surface area contributed by atoms with Crippen LogP contribution in [0.4, 0.5) is 0 Å². The van der Waals surface area contributed by atoms with E-state index in [1.807, 2.05) is 7.05 Å². The molecule has 0 fully saturated rings. The van der Waals surface area contributed by atoms with Crippen LogP contribution in [0.5, 0.6) is 0 Å². The summed E-state index contributed by atoms with van der Waals surface area (Å²) in [5.41, 5.74) is 5.58. The van der Waals surface area contributed by atoms with Crippen LogP contribution in [0.1, 0.15) is 13.3 Å². The fourth-order valence-electron chi connectivity index (χ4n) is 0.956. The lowest BCUT2D eigenvalue weighted by molar-refractivity contribution is 0.506. The van der Waals surface area contributed by atoms with Gasteiger partial charge in [-0.3, -0.25) is 4.99 Å². The summed E-state index contributed by atoms with van der Waals surface area (Å²) in [4.78, 5) is 4.09. The molecule has 0 aliphatic carbocycles. The molecule has 1 atom stereocenters. The molecule has 9 heavy (non-hydrogen) atoms. The van der Waals surface area contributed by atoms with Crippen molar-refractivity contribution < 1.29 is 0 Å². The second kappa shape index (κ2) is 1.99. The standard InChI is InChI=1S/C6H13N3/c1-6(8-2)3-4-9-5(6)7/h8H,3-4H2,1-2H3,(H2,7,9). The summed E-state index contributed by atoms with van der Waals surface area (Å²) in [6.45, 7) is 2.93. The van der Waals surface area contributed by atoms with Crippen LogP contribution in [0, 0.1) is 0 Å². The molecular weight excluding hydrogens is 114 g/mol. The largest absolute Gasteiger partial charge is 0.386 e. The summed E-state index contributed by atoms with van der Waals surface area (Å²) < 4.78 is 0. The van der Waals surface area contributed by atoms with Crippen molar-refractivity contribution in [3.8, 4) is 0 Å². The lowest BCUT2D eigenvalue weighted by Crippen LogP contribution is -2.48. The number of hydrogen-bond acceptors (Lipinski definition) is 3. The van der Waals surface area contributed by atoms with E-state index in [1.165, 1.54) is 0 Å². The van der Waals surface area contributed by atoms with Gasteiger partial charge in [-0.25, -0.2) is 0 Å². The van der Waals surface area contributed by atoms with Gasteiger partial charge >= 0.3 is 0 Å². The Labute approximate surface area is 55.3 Å². The second-order valence-electron chi connectivity index (χ2n) is 2.60. The van der Waals surface area contributed by atoms with Gasteiger partial charge in [0.2, 0.25) is 0 Å². The van der Waals surface area contributed by atoms with Gasteiger partial charge in [-0.15, -0.1) is 0 Å². The minimum absolute atomic E-state index is 0.0278. The predicted molar refractivity (Wildman–Crippen MR) is 38.6 cm³/mol. The van der Waals surface area contributed by atoms with Gasteiger partial charge in [0, 0.05) is 6.54 Å². The highest BCUT2D eigenvalue weighted by Crippen LogP contribution is 2.14. The van der Waals surface area contributed by atoms with Gasteiger partial charge in [0.1, 0.15) is 5.84 Å². The summed E-state index contributed by atoms with van der Waals surface area (Å²) >= 11 is 0. The maximum Gasteiger partial charge on any atom is 0.114 e. The van der Waals surface area contributed by atoms with Gasteiger partial charge in [0.25, 0.3) is 0 Å². The van der Waals surface area contributed by atoms with E-state index in [2.05, 4.69) is 17.2 Å². The van der Waals surface area contributed by atoms with Crippen LogP contribution in [0.15, 0.2) is 4.99 Å². The van der Waals surface area contributed by atoms with Crippen LogP contribution >= 0.6 is 0 Å². The highest BCUT2D eigenvalue weighted by Gasteiger charge is 2.29. The van der Waals surface area contributed by atoms with Gasteiger partial charge in [0.15, 0.2) is 0 Å². The topological polar surface area (TPSA) is 50.4 Å². The molecule has 3 heteroatoms. The van der Waals surface area contributed by atoms with E-state index in [0.29, 0.717) is 0 Å². The molecule has 0 radical (unpaired) electrons. The molecule has 0 saturated heterocycles. The van der Waals surface area contributed by atoms with Crippen LogP contribution in [0.3, 0.4) is 0 Å². The Morgan fingerprint density at radius 1 is 1.78 bits per heavy atom. The van der Waals surface area contributed by atoms with Crippen LogP contribution < -0.4 is 11.1 Å². The molecule has 0 aromatic heterocycles. The third kappa shape index (κ3) is 0.920. The van der Waals surface area contributed by atoms with E-state index in [9.17, 15) is 0 Å². The Morgan fingerprint density at radius 2 is 2.44 bits per heavy atom. The molecule has 0 aromatic rings. The zero-order valence-electron chi connectivity index (χ0n) is 5.94. The van der Waals surface area contributed by atoms with Crippen LogP contribution in [-0.4, -0.2) is 25.0 Å². The van der Waals surface area contributed by atoms with Gasteiger partial charge in [-0.05, 0) is 20.4 Å². The van der Waals surface area contributed by atoms with E-state index in [-0.39, 0.29) is 5.54 Å². The van der Waals surface area contributed by atoms with Crippen molar-refractivity contribution >= 4 is 5.84 Å². The molecule has 1 heterocycles. The Morgan fingerprint density at radius 3 is 2.67 bits per heavy atom. The first-order valence-corrected chi connectivity index (χ1v) is 3.18. The van der Waals surface area contributed by atoms with Crippen molar-refractivity contribution in [2.24, 2.45) is 10.7 Å². The van der Waals surface area contributed by atoms with E-state index < -0.39 is 0 Å². The molecule has 3 nitrogen and oxygen atoms in total. The van der Waals surface area contributed by atoms with Crippen molar-refractivity contribution in [3.63, 3.8) is 0 Å². The third-order valence-corrected chi connectivity index (χ3v) is 2.01. The summed E-state index contributed by atoms with van der Waals surface area (Å²) in [6, 6.07) is 0. The molecule has 0 spiro atoms. The molecule has 0 aromatic carbocycles. The molecular formula is C6H13N3. The first kappa shape index (κ1) is 6.55. The maximum atomic E-state index is 5.61. The van der Waals surface area contributed by atoms with Crippen LogP contribution in [-0.2, 0) is 0 Å². The van der Waals surface area contributed by atoms with Crippen molar-refractivity contribution in [1.82, 2.24) is 5.32 Å². The number of likely N-dealkylation sites (N-methyl/N-ethyl adjacent to an activating group) is 1. The van der Waals surface area contributed by atoms with E-state index in [4.69, 9.17) is 5.73 Å². The number of nitrogens with zero attached hydrogens (tertiary/aromatic N) is 1. The predicted octanol–water partition coefficient (Wildman–Crippen LogP) is -0.275. The number of rotatable bonds is 1. The van der Waals surface area contributed by atoms with Crippen molar-refractivity contribution in [3.05, 3.63) is 0 Å².